The molecule has 0 N–H and O–H groups in total. The molecule has 0 aliphatic carbocycles. The Balaban J connectivity index is 1.57. The molecular weight excluding hydrogens is 371 g/mol. The second-order valence-electron chi connectivity index (χ2n) is 6.40. The molecule has 1 aliphatic rings. The molecule has 0 radical (unpaired) electrons. The van der Waals surface area contributed by atoms with Crippen LogP contribution in [0.25, 0.3) is 11.0 Å². The topological polar surface area (TPSA) is 85.2 Å². The molecule has 3 heterocycles. The minimum atomic E-state index is -3.90. The summed E-state index contributed by atoms with van der Waals surface area (Å²) in [4.78, 5) is 20.6. The number of halogens is 1. The van der Waals surface area contributed by atoms with E-state index in [1.54, 1.807) is 18.3 Å². The van der Waals surface area contributed by atoms with Crippen LogP contribution in [0.2, 0.25) is 0 Å². The van der Waals surface area contributed by atoms with Crippen molar-refractivity contribution in [2.24, 2.45) is 0 Å². The number of rotatable bonds is 3. The van der Waals surface area contributed by atoms with E-state index in [1.807, 2.05) is 0 Å². The molecule has 1 aromatic carbocycles. The standard InChI is InChI=1S/C18H17FN4O3S/c19-15-5-1-2-6-16(15)27(25,26)22-10-7-13(8-11-22)23-12-21-17-14(18(23)24)4-3-9-20-17/h1-6,9,12-13H,7-8,10-11H2. The van der Waals surface area contributed by atoms with Gasteiger partial charge in [0, 0.05) is 25.3 Å². The maximum atomic E-state index is 13.9. The molecular formula is C18H17FN4O3S. The molecule has 9 heteroatoms. The number of sulfonamides is 1. The van der Waals surface area contributed by atoms with Crippen molar-refractivity contribution >= 4 is 21.1 Å². The molecule has 140 valence electrons. The van der Waals surface area contributed by atoms with E-state index >= 15 is 0 Å². The van der Waals surface area contributed by atoms with Gasteiger partial charge < -0.3 is 0 Å². The maximum absolute atomic E-state index is 13.9. The van der Waals surface area contributed by atoms with Crippen LogP contribution >= 0.6 is 0 Å². The third-order valence-corrected chi connectivity index (χ3v) is 6.76. The molecule has 4 rings (SSSR count). The molecule has 3 aromatic rings. The Kier molecular flexibility index (Phi) is 4.48. The van der Waals surface area contributed by atoms with Gasteiger partial charge in [0.05, 0.1) is 5.39 Å². The fourth-order valence-electron chi connectivity index (χ4n) is 3.39. The number of nitrogens with zero attached hydrogens (tertiary/aromatic N) is 4. The van der Waals surface area contributed by atoms with Crippen molar-refractivity contribution < 1.29 is 12.8 Å². The third-order valence-electron chi connectivity index (χ3n) is 4.83. The molecule has 1 fully saturated rings. The third kappa shape index (κ3) is 3.13. The molecule has 7 nitrogen and oxygen atoms in total. The van der Waals surface area contributed by atoms with Crippen LogP contribution in [0, 0.1) is 5.82 Å². The fourth-order valence-corrected chi connectivity index (χ4v) is 4.92. The predicted molar refractivity (Wildman–Crippen MR) is 97.2 cm³/mol. The van der Waals surface area contributed by atoms with Crippen LogP contribution in [0.3, 0.4) is 0 Å². The summed E-state index contributed by atoms with van der Waals surface area (Å²) in [6.45, 7) is 0.414. The largest absolute Gasteiger partial charge is 0.295 e. The first-order valence-electron chi connectivity index (χ1n) is 8.55. The maximum Gasteiger partial charge on any atom is 0.263 e. The second-order valence-corrected chi connectivity index (χ2v) is 8.30. The molecule has 0 bridgehead atoms. The molecule has 0 saturated carbocycles. The Bertz CT molecular complexity index is 1150. The highest BCUT2D eigenvalue weighted by molar-refractivity contribution is 7.89. The van der Waals surface area contributed by atoms with Crippen LogP contribution < -0.4 is 5.56 Å². The summed E-state index contributed by atoms with van der Waals surface area (Å²) in [6.07, 6.45) is 3.93. The van der Waals surface area contributed by atoms with Crippen LogP contribution in [0.4, 0.5) is 4.39 Å². The van der Waals surface area contributed by atoms with Crippen molar-refractivity contribution in [1.29, 1.82) is 0 Å². The summed E-state index contributed by atoms with van der Waals surface area (Å²) in [5.41, 5.74) is 0.196. The van der Waals surface area contributed by atoms with Gasteiger partial charge in [-0.25, -0.2) is 22.8 Å². The van der Waals surface area contributed by atoms with Gasteiger partial charge in [0.25, 0.3) is 5.56 Å². The molecule has 2 aromatic heterocycles. The first-order chi connectivity index (χ1) is 13.0. The number of fused-ring (bicyclic) bond motifs is 1. The summed E-state index contributed by atoms with van der Waals surface area (Å²) < 4.78 is 42.1. The van der Waals surface area contributed by atoms with Crippen molar-refractivity contribution in [1.82, 2.24) is 18.8 Å². The molecule has 0 atom stereocenters. The zero-order valence-electron chi connectivity index (χ0n) is 14.3. The normalized spacial score (nSPS) is 16.6. The second kappa shape index (κ2) is 6.82. The lowest BCUT2D eigenvalue weighted by Crippen LogP contribution is -2.41. The number of piperidine rings is 1. The number of aromatic nitrogens is 3. The number of hydrogen-bond acceptors (Lipinski definition) is 5. The Labute approximate surface area is 155 Å². The van der Waals surface area contributed by atoms with Crippen LogP contribution in [0.5, 0.6) is 0 Å². The highest BCUT2D eigenvalue weighted by Crippen LogP contribution is 2.27. The molecule has 0 amide bonds. The Morgan fingerprint density at radius 3 is 2.52 bits per heavy atom. The van der Waals surface area contributed by atoms with E-state index < -0.39 is 15.8 Å². The lowest BCUT2D eigenvalue weighted by atomic mass is 10.1. The highest BCUT2D eigenvalue weighted by atomic mass is 32.2. The van der Waals surface area contributed by atoms with Gasteiger partial charge in [-0.3, -0.25) is 9.36 Å². The lowest BCUT2D eigenvalue weighted by molar-refractivity contribution is 0.269. The average Bonchev–Trinajstić information content (AvgIpc) is 2.69. The highest BCUT2D eigenvalue weighted by Gasteiger charge is 2.32. The number of hydrogen-bond donors (Lipinski definition) is 0. The van der Waals surface area contributed by atoms with E-state index in [-0.39, 0.29) is 29.6 Å². The Morgan fingerprint density at radius 1 is 1.04 bits per heavy atom. The monoisotopic (exact) mass is 388 g/mol. The summed E-state index contributed by atoms with van der Waals surface area (Å²) >= 11 is 0. The summed E-state index contributed by atoms with van der Waals surface area (Å²) in [5.74, 6) is -0.762. The molecule has 27 heavy (non-hydrogen) atoms. The molecule has 0 spiro atoms. The van der Waals surface area contributed by atoms with Crippen molar-refractivity contribution in [3.05, 3.63) is 65.1 Å². The predicted octanol–water partition coefficient (Wildman–Crippen LogP) is 1.96. The smallest absolute Gasteiger partial charge is 0.263 e. The molecule has 0 unspecified atom stereocenters. The van der Waals surface area contributed by atoms with Crippen molar-refractivity contribution in [2.45, 2.75) is 23.8 Å². The van der Waals surface area contributed by atoms with Gasteiger partial charge in [-0.15, -0.1) is 0 Å². The van der Waals surface area contributed by atoms with E-state index in [9.17, 15) is 17.6 Å². The van der Waals surface area contributed by atoms with E-state index in [4.69, 9.17) is 0 Å². The lowest BCUT2D eigenvalue weighted by Gasteiger charge is -2.32. The van der Waals surface area contributed by atoms with Gasteiger partial charge in [-0.05, 0) is 37.1 Å². The van der Waals surface area contributed by atoms with Crippen LogP contribution in [-0.4, -0.2) is 40.3 Å². The van der Waals surface area contributed by atoms with Gasteiger partial charge in [0.2, 0.25) is 10.0 Å². The van der Waals surface area contributed by atoms with Gasteiger partial charge in [0.15, 0.2) is 5.65 Å². The Morgan fingerprint density at radius 2 is 1.78 bits per heavy atom. The van der Waals surface area contributed by atoms with E-state index in [2.05, 4.69) is 9.97 Å². The minimum absolute atomic E-state index is 0.165. The van der Waals surface area contributed by atoms with E-state index in [0.717, 1.165) is 6.07 Å². The fraction of sp³-hybridized carbons (Fsp3) is 0.278. The average molecular weight is 388 g/mol. The van der Waals surface area contributed by atoms with Crippen LogP contribution in [-0.2, 0) is 10.0 Å². The van der Waals surface area contributed by atoms with Crippen molar-refractivity contribution in [2.75, 3.05) is 13.1 Å². The quantitative estimate of drug-likeness (QED) is 0.685. The minimum Gasteiger partial charge on any atom is -0.295 e. The van der Waals surface area contributed by atoms with Gasteiger partial charge in [-0.1, -0.05) is 12.1 Å². The Hall–Kier alpha value is -2.65. The summed E-state index contributed by atoms with van der Waals surface area (Å²) in [5, 5.41) is 0.432. The first kappa shape index (κ1) is 17.7. The summed E-state index contributed by atoms with van der Waals surface area (Å²) in [6, 6.07) is 8.54. The van der Waals surface area contributed by atoms with Crippen molar-refractivity contribution in [3.63, 3.8) is 0 Å². The van der Waals surface area contributed by atoms with Gasteiger partial charge in [-0.2, -0.15) is 4.31 Å². The van der Waals surface area contributed by atoms with Crippen molar-refractivity contribution in [3.8, 4) is 0 Å². The molecule has 1 saturated heterocycles. The van der Waals surface area contributed by atoms with Crippen LogP contribution in [0.15, 0.2) is 58.6 Å². The van der Waals surface area contributed by atoms with E-state index in [1.165, 1.54) is 33.4 Å². The number of benzene rings is 1. The first-order valence-corrected chi connectivity index (χ1v) is 9.99. The van der Waals surface area contributed by atoms with E-state index in [0.29, 0.717) is 23.9 Å². The van der Waals surface area contributed by atoms with Crippen LogP contribution in [0.1, 0.15) is 18.9 Å². The zero-order chi connectivity index (χ0) is 19.0. The zero-order valence-corrected chi connectivity index (χ0v) is 15.1. The molecule has 1 aliphatic heterocycles. The summed E-state index contributed by atoms with van der Waals surface area (Å²) in [7, 11) is -3.90. The SMILES string of the molecule is O=c1c2cccnc2ncn1C1CCN(S(=O)(=O)c2ccccc2F)CC1. The van der Waals surface area contributed by atoms with Gasteiger partial charge in [0.1, 0.15) is 17.0 Å². The van der Waals surface area contributed by atoms with Gasteiger partial charge >= 0.3 is 0 Å². The number of pyridine rings is 1.